The first-order valence-electron chi connectivity index (χ1n) is 6.21. The molecule has 2 aliphatic carbocycles. The van der Waals surface area contributed by atoms with Crippen LogP contribution in [0.3, 0.4) is 0 Å². The molecule has 1 aliphatic heterocycles. The molecule has 17 heavy (non-hydrogen) atoms. The highest BCUT2D eigenvalue weighted by Crippen LogP contribution is 2.55. The van der Waals surface area contributed by atoms with Crippen LogP contribution in [-0.4, -0.2) is 31.6 Å². The first-order chi connectivity index (χ1) is 8.16. The molecule has 2 saturated carbocycles. The van der Waals surface area contributed by atoms with Crippen molar-refractivity contribution in [1.29, 1.82) is 0 Å². The fourth-order valence-electron chi connectivity index (χ4n) is 3.47. The second-order valence-electron chi connectivity index (χ2n) is 5.46. The first kappa shape index (κ1) is 11.2. The highest BCUT2D eigenvalue weighted by molar-refractivity contribution is 5.76. The van der Waals surface area contributed by atoms with E-state index in [9.17, 15) is 4.79 Å². The van der Waals surface area contributed by atoms with E-state index in [1.165, 1.54) is 0 Å². The quantitative estimate of drug-likeness (QED) is 0.315. The molecule has 5 unspecified atom stereocenters. The fourth-order valence-corrected chi connectivity index (χ4v) is 3.47. The topological polar surface area (TPSA) is 44.8 Å². The van der Waals surface area contributed by atoms with E-state index in [0.29, 0.717) is 18.4 Å². The van der Waals surface area contributed by atoms with Crippen LogP contribution >= 0.6 is 0 Å². The van der Waals surface area contributed by atoms with Crippen molar-refractivity contribution in [3.8, 4) is 0 Å². The van der Waals surface area contributed by atoms with Gasteiger partial charge in [-0.3, -0.25) is 4.79 Å². The van der Waals surface area contributed by atoms with Gasteiger partial charge in [-0.25, -0.2) is 0 Å². The summed E-state index contributed by atoms with van der Waals surface area (Å²) >= 11 is 0. The first-order valence-corrected chi connectivity index (χ1v) is 6.21. The minimum atomic E-state index is -0.0172. The summed E-state index contributed by atoms with van der Waals surface area (Å²) in [4.78, 5) is 11.5. The van der Waals surface area contributed by atoms with E-state index in [1.807, 2.05) is 6.92 Å². The number of hydrogen-bond donors (Lipinski definition) is 0. The summed E-state index contributed by atoms with van der Waals surface area (Å²) < 4.78 is 16.5. The highest BCUT2D eigenvalue weighted by atomic mass is 16.7. The third-order valence-electron chi connectivity index (χ3n) is 4.11. The maximum absolute atomic E-state index is 11.5. The Morgan fingerprint density at radius 2 is 2.35 bits per heavy atom. The van der Waals surface area contributed by atoms with E-state index in [4.69, 9.17) is 14.2 Å². The number of esters is 1. The molecule has 0 aromatic heterocycles. The van der Waals surface area contributed by atoms with Gasteiger partial charge in [0.15, 0.2) is 0 Å². The molecule has 3 aliphatic rings. The third kappa shape index (κ3) is 1.79. The van der Waals surface area contributed by atoms with E-state index >= 15 is 0 Å². The van der Waals surface area contributed by atoms with Gasteiger partial charge in [-0.05, 0) is 25.7 Å². The van der Waals surface area contributed by atoms with Crippen LogP contribution in [0.1, 0.15) is 19.8 Å². The lowest BCUT2D eigenvalue weighted by molar-refractivity contribution is -0.154. The zero-order chi connectivity index (χ0) is 12.0. The fraction of sp³-hybridized carbons (Fsp3) is 0.769. The maximum atomic E-state index is 11.5. The molecular formula is C13H18O4. The molecule has 2 bridgehead atoms. The Morgan fingerprint density at radius 1 is 1.53 bits per heavy atom. The second kappa shape index (κ2) is 4.10. The molecule has 0 spiro atoms. The van der Waals surface area contributed by atoms with Crippen LogP contribution in [0, 0.1) is 17.8 Å². The monoisotopic (exact) mass is 238 g/mol. The molecule has 0 amide bonds. The Morgan fingerprint density at radius 3 is 3.12 bits per heavy atom. The van der Waals surface area contributed by atoms with E-state index in [1.54, 1.807) is 0 Å². The van der Waals surface area contributed by atoms with Gasteiger partial charge >= 0.3 is 5.97 Å². The molecule has 5 atom stereocenters. The molecule has 3 fully saturated rings. The van der Waals surface area contributed by atoms with Gasteiger partial charge in [-0.2, -0.15) is 0 Å². The van der Waals surface area contributed by atoms with Crippen molar-refractivity contribution in [2.75, 3.05) is 13.4 Å². The minimum absolute atomic E-state index is 0.0142. The van der Waals surface area contributed by atoms with Gasteiger partial charge in [0.1, 0.15) is 19.0 Å². The number of hydrogen-bond acceptors (Lipinski definition) is 4. The summed E-state index contributed by atoms with van der Waals surface area (Å²) in [7, 11) is 0. The number of fused-ring (bicyclic) bond motifs is 1. The van der Waals surface area contributed by atoms with Gasteiger partial charge in [0.25, 0.3) is 0 Å². The highest BCUT2D eigenvalue weighted by Gasteiger charge is 2.62. The molecule has 4 heteroatoms. The van der Waals surface area contributed by atoms with Crippen LogP contribution in [0.4, 0.5) is 0 Å². The van der Waals surface area contributed by atoms with Gasteiger partial charge in [0, 0.05) is 5.92 Å². The largest absolute Gasteiger partial charge is 0.459 e. The predicted molar refractivity (Wildman–Crippen MR) is 60.1 cm³/mol. The molecule has 1 heterocycles. The Bertz CT molecular complexity index is 351. The summed E-state index contributed by atoms with van der Waals surface area (Å²) in [5.41, 5.74) is 0.980. The number of carbonyl (C=O) groups excluding carboxylic acids is 1. The van der Waals surface area contributed by atoms with Crippen molar-refractivity contribution in [3.05, 3.63) is 12.2 Å². The normalized spacial score (nSPS) is 41.9. The van der Waals surface area contributed by atoms with Crippen LogP contribution in [0.25, 0.3) is 0 Å². The van der Waals surface area contributed by atoms with Crippen LogP contribution in [0.2, 0.25) is 0 Å². The predicted octanol–water partition coefficient (Wildman–Crippen LogP) is 1.50. The zero-order valence-electron chi connectivity index (χ0n) is 10.1. The molecule has 0 aromatic rings. The average Bonchev–Trinajstić information content (AvgIpc) is 2.86. The Balaban J connectivity index is 1.53. The van der Waals surface area contributed by atoms with Gasteiger partial charge in [0.2, 0.25) is 0 Å². The van der Waals surface area contributed by atoms with Crippen molar-refractivity contribution >= 4 is 5.97 Å². The van der Waals surface area contributed by atoms with Crippen molar-refractivity contribution in [3.63, 3.8) is 0 Å². The van der Waals surface area contributed by atoms with Crippen LogP contribution in [0.15, 0.2) is 12.2 Å². The van der Waals surface area contributed by atoms with Crippen molar-refractivity contribution in [1.82, 2.24) is 0 Å². The standard InChI is InChI=1S/C13H18O4/c1-7(2)5-15-6-16-11-8-3-9-10(4-8)13(14)17-12(9)11/h8-12H,1,3-6H2,2H3. The molecule has 3 rings (SSSR count). The lowest BCUT2D eigenvalue weighted by Gasteiger charge is -2.25. The summed E-state index contributed by atoms with van der Waals surface area (Å²) in [5.74, 6) is 1.02. The Labute approximate surface area is 101 Å². The van der Waals surface area contributed by atoms with Gasteiger partial charge in [-0.15, -0.1) is 0 Å². The third-order valence-corrected chi connectivity index (χ3v) is 4.11. The Kier molecular flexibility index (Phi) is 2.71. The lowest BCUT2D eigenvalue weighted by Crippen LogP contribution is -2.34. The second-order valence-corrected chi connectivity index (χ2v) is 5.46. The number of ether oxygens (including phenoxy) is 3. The molecular weight excluding hydrogens is 220 g/mol. The van der Waals surface area contributed by atoms with Crippen molar-refractivity contribution in [2.45, 2.75) is 32.0 Å². The summed E-state index contributed by atoms with van der Waals surface area (Å²) in [6, 6.07) is 0. The van der Waals surface area contributed by atoms with Gasteiger partial charge in [-0.1, -0.05) is 12.2 Å². The average molecular weight is 238 g/mol. The van der Waals surface area contributed by atoms with E-state index in [0.717, 1.165) is 18.4 Å². The van der Waals surface area contributed by atoms with Crippen LogP contribution in [-0.2, 0) is 19.0 Å². The van der Waals surface area contributed by atoms with Crippen molar-refractivity contribution < 1.29 is 19.0 Å². The van der Waals surface area contributed by atoms with Crippen LogP contribution in [0.5, 0.6) is 0 Å². The minimum Gasteiger partial charge on any atom is -0.459 e. The molecule has 1 saturated heterocycles. The molecule has 94 valence electrons. The van der Waals surface area contributed by atoms with Crippen LogP contribution < -0.4 is 0 Å². The van der Waals surface area contributed by atoms with E-state index in [2.05, 4.69) is 6.58 Å². The smallest absolute Gasteiger partial charge is 0.309 e. The summed E-state index contributed by atoms with van der Waals surface area (Å²) in [5, 5.41) is 0. The zero-order valence-corrected chi connectivity index (χ0v) is 10.1. The molecule has 0 N–H and O–H groups in total. The van der Waals surface area contributed by atoms with Gasteiger partial charge in [0.05, 0.1) is 12.5 Å². The van der Waals surface area contributed by atoms with E-state index in [-0.39, 0.29) is 30.9 Å². The summed E-state index contributed by atoms with van der Waals surface area (Å²) in [6.45, 7) is 6.46. The SMILES string of the molecule is C=C(C)COCOC1C2CC3C(=O)OC1C3C2. The maximum Gasteiger partial charge on any atom is 0.309 e. The summed E-state index contributed by atoms with van der Waals surface area (Å²) in [6.07, 6.45) is 2.05. The molecule has 4 nitrogen and oxygen atoms in total. The molecule has 0 aromatic carbocycles. The van der Waals surface area contributed by atoms with Gasteiger partial charge < -0.3 is 14.2 Å². The number of rotatable bonds is 5. The lowest BCUT2D eigenvalue weighted by atomic mass is 9.88. The Hall–Kier alpha value is -0.870. The number of carbonyl (C=O) groups is 1. The molecule has 0 radical (unpaired) electrons. The van der Waals surface area contributed by atoms with Crippen molar-refractivity contribution in [2.24, 2.45) is 17.8 Å². The van der Waals surface area contributed by atoms with E-state index < -0.39 is 0 Å².